The lowest BCUT2D eigenvalue weighted by molar-refractivity contribution is -0.117. The molecule has 4 nitrogen and oxygen atoms in total. The molecule has 0 aromatic heterocycles. The number of rotatable bonds is 7. The van der Waals surface area contributed by atoms with Crippen LogP contribution in [0.5, 0.6) is 0 Å². The minimum Gasteiger partial charge on any atom is -0.370 e. The molecule has 1 aliphatic heterocycles. The van der Waals surface area contributed by atoms with Crippen LogP contribution < -0.4 is 15.5 Å². The molecule has 1 aromatic carbocycles. The van der Waals surface area contributed by atoms with Crippen LogP contribution in [0.25, 0.3) is 0 Å². The highest BCUT2D eigenvalue weighted by atomic mass is 35.5. The van der Waals surface area contributed by atoms with Gasteiger partial charge in [0.2, 0.25) is 5.91 Å². The molecule has 1 unspecified atom stereocenters. The first-order valence-corrected chi connectivity index (χ1v) is 8.12. The number of halogens is 1. The van der Waals surface area contributed by atoms with Crippen LogP contribution in [0.1, 0.15) is 45.2 Å². The predicted octanol–water partition coefficient (Wildman–Crippen LogP) is 3.57. The van der Waals surface area contributed by atoms with E-state index in [9.17, 15) is 4.79 Å². The third-order valence-corrected chi connectivity index (χ3v) is 3.99. The standard InChI is InChI=1S/C16H24ClN3O/c1-4-7-20(8-5-2)14-10-13-11(9-12(14)17)15(18-6-3)16(21)19-13/h9-10,15,18H,4-8H2,1-3H3,(H,19,21). The van der Waals surface area contributed by atoms with Gasteiger partial charge in [-0.05, 0) is 31.5 Å². The Morgan fingerprint density at radius 2 is 1.90 bits per heavy atom. The fourth-order valence-corrected chi connectivity index (χ4v) is 3.10. The minimum atomic E-state index is -0.289. The monoisotopic (exact) mass is 309 g/mol. The van der Waals surface area contributed by atoms with Crippen molar-refractivity contribution in [2.24, 2.45) is 0 Å². The average molecular weight is 310 g/mol. The maximum Gasteiger partial charge on any atom is 0.246 e. The van der Waals surface area contributed by atoms with Gasteiger partial charge in [0.25, 0.3) is 0 Å². The Bertz CT molecular complexity index is 512. The van der Waals surface area contributed by atoms with Crippen molar-refractivity contribution in [1.29, 1.82) is 0 Å². The third kappa shape index (κ3) is 3.33. The van der Waals surface area contributed by atoms with Crippen LogP contribution in [0.3, 0.4) is 0 Å². The number of amides is 1. The first kappa shape index (κ1) is 16.1. The molecule has 1 atom stereocenters. The fraction of sp³-hybridized carbons (Fsp3) is 0.562. The largest absolute Gasteiger partial charge is 0.370 e. The van der Waals surface area contributed by atoms with E-state index >= 15 is 0 Å². The van der Waals surface area contributed by atoms with E-state index in [4.69, 9.17) is 11.6 Å². The molecule has 2 rings (SSSR count). The molecular weight excluding hydrogens is 286 g/mol. The van der Waals surface area contributed by atoms with Crippen molar-refractivity contribution < 1.29 is 4.79 Å². The SMILES string of the molecule is CCCN(CCC)c1cc2c(cc1Cl)C(NCC)C(=O)N2. The van der Waals surface area contributed by atoms with Crippen LogP contribution in [0.2, 0.25) is 5.02 Å². The van der Waals surface area contributed by atoms with Gasteiger partial charge in [0.15, 0.2) is 0 Å². The van der Waals surface area contributed by atoms with E-state index in [1.54, 1.807) is 0 Å². The highest BCUT2D eigenvalue weighted by molar-refractivity contribution is 6.33. The van der Waals surface area contributed by atoms with Gasteiger partial charge >= 0.3 is 0 Å². The zero-order valence-electron chi connectivity index (χ0n) is 13.0. The molecule has 1 aromatic rings. The van der Waals surface area contributed by atoms with Crippen LogP contribution in [0.4, 0.5) is 11.4 Å². The molecule has 2 N–H and O–H groups in total. The van der Waals surface area contributed by atoms with Gasteiger partial charge in [0, 0.05) is 24.3 Å². The van der Waals surface area contributed by atoms with Gasteiger partial charge in [0.05, 0.1) is 10.7 Å². The van der Waals surface area contributed by atoms with Crippen LogP contribution >= 0.6 is 11.6 Å². The molecule has 1 heterocycles. The maximum absolute atomic E-state index is 12.0. The van der Waals surface area contributed by atoms with Crippen molar-refractivity contribution >= 4 is 28.9 Å². The summed E-state index contributed by atoms with van der Waals surface area (Å²) in [6.07, 6.45) is 2.14. The first-order chi connectivity index (χ1) is 10.1. The van der Waals surface area contributed by atoms with Crippen molar-refractivity contribution in [2.75, 3.05) is 29.9 Å². The Kier molecular flexibility index (Phi) is 5.48. The Balaban J connectivity index is 2.35. The van der Waals surface area contributed by atoms with Gasteiger partial charge in [-0.3, -0.25) is 4.79 Å². The number of carbonyl (C=O) groups excluding carboxylic acids is 1. The molecule has 0 fully saturated rings. The Hall–Kier alpha value is -1.26. The van der Waals surface area contributed by atoms with E-state index in [2.05, 4.69) is 29.4 Å². The summed E-state index contributed by atoms with van der Waals surface area (Å²) in [5.74, 6) is -0.00222. The van der Waals surface area contributed by atoms with Crippen molar-refractivity contribution in [1.82, 2.24) is 5.32 Å². The zero-order chi connectivity index (χ0) is 15.4. The van der Waals surface area contributed by atoms with Crippen molar-refractivity contribution in [3.05, 3.63) is 22.7 Å². The molecule has 1 amide bonds. The number of hydrogen-bond acceptors (Lipinski definition) is 3. The van der Waals surface area contributed by atoms with E-state index in [0.29, 0.717) is 0 Å². The molecule has 0 radical (unpaired) electrons. The van der Waals surface area contributed by atoms with E-state index in [1.807, 2.05) is 19.1 Å². The molecule has 1 aliphatic rings. The second-order valence-corrected chi connectivity index (χ2v) is 5.77. The van der Waals surface area contributed by atoms with Crippen LogP contribution in [0, 0.1) is 0 Å². The minimum absolute atomic E-state index is 0.00222. The van der Waals surface area contributed by atoms with E-state index < -0.39 is 0 Å². The molecule has 5 heteroatoms. The van der Waals surface area contributed by atoms with Crippen LogP contribution in [0.15, 0.2) is 12.1 Å². The topological polar surface area (TPSA) is 44.4 Å². The van der Waals surface area contributed by atoms with Gasteiger partial charge in [-0.2, -0.15) is 0 Å². The molecule has 0 bridgehead atoms. The van der Waals surface area contributed by atoms with Crippen molar-refractivity contribution in [3.8, 4) is 0 Å². The second kappa shape index (κ2) is 7.14. The number of benzene rings is 1. The number of carbonyl (C=O) groups is 1. The van der Waals surface area contributed by atoms with Gasteiger partial charge in [-0.1, -0.05) is 32.4 Å². The Morgan fingerprint density at radius 1 is 1.24 bits per heavy atom. The highest BCUT2D eigenvalue weighted by Gasteiger charge is 2.31. The highest BCUT2D eigenvalue weighted by Crippen LogP contribution is 2.39. The summed E-state index contributed by atoms with van der Waals surface area (Å²) >= 11 is 6.48. The number of nitrogens with zero attached hydrogens (tertiary/aromatic N) is 1. The Morgan fingerprint density at radius 3 is 2.48 bits per heavy atom. The van der Waals surface area contributed by atoms with Crippen molar-refractivity contribution in [2.45, 2.75) is 39.7 Å². The number of likely N-dealkylation sites (N-methyl/N-ethyl adjacent to an activating group) is 1. The lowest BCUT2D eigenvalue weighted by Crippen LogP contribution is -2.27. The fourth-order valence-electron chi connectivity index (χ4n) is 2.81. The molecular formula is C16H24ClN3O. The quantitative estimate of drug-likeness (QED) is 0.809. The molecule has 0 saturated carbocycles. The lowest BCUT2D eigenvalue weighted by Gasteiger charge is -2.25. The summed E-state index contributed by atoms with van der Waals surface area (Å²) < 4.78 is 0. The molecule has 0 spiro atoms. The second-order valence-electron chi connectivity index (χ2n) is 5.36. The summed E-state index contributed by atoms with van der Waals surface area (Å²) in [5, 5.41) is 6.86. The first-order valence-electron chi connectivity index (χ1n) is 7.74. The normalized spacial score (nSPS) is 16.8. The number of fused-ring (bicyclic) bond motifs is 1. The van der Waals surface area contributed by atoms with Gasteiger partial charge in [-0.25, -0.2) is 0 Å². The van der Waals surface area contributed by atoms with Gasteiger partial charge < -0.3 is 15.5 Å². The van der Waals surface area contributed by atoms with E-state index in [-0.39, 0.29) is 11.9 Å². The Labute approximate surface area is 131 Å². The van der Waals surface area contributed by atoms with Crippen molar-refractivity contribution in [3.63, 3.8) is 0 Å². The van der Waals surface area contributed by atoms with E-state index in [0.717, 1.165) is 54.4 Å². The van der Waals surface area contributed by atoms with Crippen LogP contribution in [-0.4, -0.2) is 25.5 Å². The smallest absolute Gasteiger partial charge is 0.246 e. The number of anilines is 2. The van der Waals surface area contributed by atoms with E-state index in [1.165, 1.54) is 0 Å². The molecule has 116 valence electrons. The number of nitrogens with one attached hydrogen (secondary N) is 2. The zero-order valence-corrected chi connectivity index (χ0v) is 13.8. The summed E-state index contributed by atoms with van der Waals surface area (Å²) in [7, 11) is 0. The maximum atomic E-state index is 12.0. The molecule has 21 heavy (non-hydrogen) atoms. The molecule has 0 saturated heterocycles. The summed E-state index contributed by atoms with van der Waals surface area (Å²) in [6, 6.07) is 3.65. The predicted molar refractivity (Wildman–Crippen MR) is 89.3 cm³/mol. The lowest BCUT2D eigenvalue weighted by atomic mass is 10.1. The van der Waals surface area contributed by atoms with Crippen LogP contribution in [-0.2, 0) is 4.79 Å². The molecule has 0 aliphatic carbocycles. The summed E-state index contributed by atoms with van der Waals surface area (Å²) in [5.41, 5.74) is 2.84. The summed E-state index contributed by atoms with van der Waals surface area (Å²) in [6.45, 7) is 8.99. The van der Waals surface area contributed by atoms with Gasteiger partial charge in [-0.15, -0.1) is 0 Å². The van der Waals surface area contributed by atoms with Gasteiger partial charge in [0.1, 0.15) is 6.04 Å². The third-order valence-electron chi connectivity index (χ3n) is 3.69. The number of hydrogen-bond donors (Lipinski definition) is 2. The summed E-state index contributed by atoms with van der Waals surface area (Å²) in [4.78, 5) is 14.3. The average Bonchev–Trinajstić information content (AvgIpc) is 2.74.